The lowest BCUT2D eigenvalue weighted by Gasteiger charge is -2.08. The molecule has 0 aliphatic rings. The minimum absolute atomic E-state index is 0.436. The minimum atomic E-state index is 0.436. The first-order valence-electron chi connectivity index (χ1n) is 3.43. The predicted octanol–water partition coefficient (Wildman–Crippen LogP) is 0.440. The Morgan fingerprint density at radius 1 is 1.60 bits per heavy atom. The quantitative estimate of drug-likeness (QED) is 0.194. The van der Waals surface area contributed by atoms with Crippen LogP contribution in [0.5, 0.6) is 0 Å². The Labute approximate surface area is 60.9 Å². The smallest absolute Gasteiger partial charge is 0.248 e. The van der Waals surface area contributed by atoms with Gasteiger partial charge in [-0.25, -0.2) is 5.84 Å². The van der Waals surface area contributed by atoms with Gasteiger partial charge in [-0.2, -0.15) is 5.17 Å². The van der Waals surface area contributed by atoms with Crippen molar-refractivity contribution in [3.8, 4) is 0 Å². The van der Waals surface area contributed by atoms with Gasteiger partial charge in [0.25, 0.3) is 0 Å². The van der Waals surface area contributed by atoms with E-state index >= 15 is 0 Å². The highest BCUT2D eigenvalue weighted by atomic mass is 16.7. The van der Waals surface area contributed by atoms with E-state index in [1.165, 1.54) is 0 Å². The van der Waals surface area contributed by atoms with Gasteiger partial charge in [0, 0.05) is 0 Å². The van der Waals surface area contributed by atoms with Gasteiger partial charge in [-0.1, -0.05) is 19.8 Å². The molecule has 0 aliphatic heterocycles. The van der Waals surface area contributed by atoms with Gasteiger partial charge in [-0.05, 0) is 6.42 Å². The van der Waals surface area contributed by atoms with Crippen molar-refractivity contribution in [2.45, 2.75) is 26.2 Å². The van der Waals surface area contributed by atoms with Crippen molar-refractivity contribution in [3.05, 3.63) is 0 Å². The fourth-order valence-corrected chi connectivity index (χ4v) is 0.552. The number of nitrogens with zero attached hydrogens (tertiary/aromatic N) is 1. The van der Waals surface area contributed by atoms with E-state index in [0.29, 0.717) is 18.2 Å². The zero-order valence-corrected chi connectivity index (χ0v) is 6.25. The summed E-state index contributed by atoms with van der Waals surface area (Å²) in [5.74, 6) is 5.00. The Morgan fingerprint density at radius 2 is 2.30 bits per heavy atom. The second-order valence-electron chi connectivity index (χ2n) is 2.01. The van der Waals surface area contributed by atoms with Crippen molar-refractivity contribution in [1.29, 1.82) is 0 Å². The fourth-order valence-electron chi connectivity index (χ4n) is 0.552. The second-order valence-corrected chi connectivity index (χ2v) is 2.01. The Bertz CT molecular complexity index is 87.8. The van der Waals surface area contributed by atoms with E-state index in [0.717, 1.165) is 19.3 Å². The van der Waals surface area contributed by atoms with E-state index in [1.54, 1.807) is 0 Å². The summed E-state index contributed by atoms with van der Waals surface area (Å²) in [7, 11) is 0. The zero-order chi connectivity index (χ0) is 7.82. The van der Waals surface area contributed by atoms with Crippen LogP contribution >= 0.6 is 0 Å². The summed E-state index contributed by atoms with van der Waals surface area (Å²) < 4.78 is 0. The molecule has 4 nitrogen and oxygen atoms in total. The molecule has 0 unspecified atom stereocenters. The summed E-state index contributed by atoms with van der Waals surface area (Å²) in [4.78, 5) is 14.6. The molecule has 0 spiro atoms. The topological polar surface area (TPSA) is 55.6 Å². The van der Waals surface area contributed by atoms with Crippen LogP contribution in [0.15, 0.2) is 0 Å². The SMILES string of the molecule is CCCCCON(N)C=O. The molecule has 0 radical (unpaired) electrons. The summed E-state index contributed by atoms with van der Waals surface area (Å²) in [6.07, 6.45) is 3.62. The van der Waals surface area contributed by atoms with Crippen molar-refractivity contribution < 1.29 is 9.63 Å². The molecule has 0 atom stereocenters. The van der Waals surface area contributed by atoms with Crippen LogP contribution < -0.4 is 5.84 Å². The van der Waals surface area contributed by atoms with Crippen molar-refractivity contribution >= 4 is 6.41 Å². The number of hydrogen-bond acceptors (Lipinski definition) is 3. The number of amides is 1. The molecule has 0 saturated carbocycles. The van der Waals surface area contributed by atoms with Crippen LogP contribution in [0.25, 0.3) is 0 Å². The van der Waals surface area contributed by atoms with Gasteiger partial charge in [0.05, 0.1) is 6.61 Å². The maximum absolute atomic E-state index is 9.84. The van der Waals surface area contributed by atoms with Gasteiger partial charge in [0.1, 0.15) is 0 Å². The first-order chi connectivity index (χ1) is 4.81. The lowest BCUT2D eigenvalue weighted by Crippen LogP contribution is -2.29. The maximum atomic E-state index is 9.84. The molecule has 0 aliphatic carbocycles. The van der Waals surface area contributed by atoms with Crippen LogP contribution in [0.3, 0.4) is 0 Å². The molecule has 0 rings (SSSR count). The Balaban J connectivity index is 2.95. The normalized spacial score (nSPS) is 9.40. The molecule has 0 bridgehead atoms. The van der Waals surface area contributed by atoms with E-state index in [4.69, 9.17) is 10.7 Å². The predicted molar refractivity (Wildman–Crippen MR) is 37.6 cm³/mol. The zero-order valence-electron chi connectivity index (χ0n) is 6.25. The Morgan fingerprint density at radius 3 is 2.80 bits per heavy atom. The summed E-state index contributed by atoms with van der Waals surface area (Å²) >= 11 is 0. The second kappa shape index (κ2) is 6.51. The van der Waals surface area contributed by atoms with Crippen molar-refractivity contribution in [3.63, 3.8) is 0 Å². The minimum Gasteiger partial charge on any atom is -0.275 e. The third-order valence-corrected chi connectivity index (χ3v) is 1.09. The van der Waals surface area contributed by atoms with Crippen LogP contribution in [-0.2, 0) is 9.63 Å². The molecule has 0 aromatic heterocycles. The molecule has 0 heterocycles. The number of carbonyl (C=O) groups is 1. The molecule has 60 valence electrons. The molecule has 10 heavy (non-hydrogen) atoms. The number of hydrazine groups is 1. The van der Waals surface area contributed by atoms with E-state index in [-0.39, 0.29) is 0 Å². The van der Waals surface area contributed by atoms with E-state index in [1.807, 2.05) is 0 Å². The molecular weight excluding hydrogens is 132 g/mol. The van der Waals surface area contributed by atoms with E-state index < -0.39 is 0 Å². The average molecular weight is 146 g/mol. The highest BCUT2D eigenvalue weighted by molar-refractivity contribution is 5.43. The first kappa shape index (κ1) is 9.39. The molecule has 0 saturated heterocycles. The fraction of sp³-hybridized carbons (Fsp3) is 0.833. The monoisotopic (exact) mass is 146 g/mol. The van der Waals surface area contributed by atoms with Gasteiger partial charge >= 0.3 is 0 Å². The van der Waals surface area contributed by atoms with Crippen LogP contribution in [0.1, 0.15) is 26.2 Å². The number of unbranched alkanes of at least 4 members (excludes halogenated alkanes) is 2. The van der Waals surface area contributed by atoms with Gasteiger partial charge in [-0.3, -0.25) is 9.63 Å². The largest absolute Gasteiger partial charge is 0.275 e. The van der Waals surface area contributed by atoms with Gasteiger partial charge in [-0.15, -0.1) is 0 Å². The average Bonchev–Trinajstić information content (AvgIpc) is 1.98. The third-order valence-electron chi connectivity index (χ3n) is 1.09. The molecule has 0 fully saturated rings. The summed E-state index contributed by atoms with van der Waals surface area (Å²) in [6, 6.07) is 0. The summed E-state index contributed by atoms with van der Waals surface area (Å²) in [6.45, 7) is 2.61. The highest BCUT2D eigenvalue weighted by Gasteiger charge is 1.91. The maximum Gasteiger partial charge on any atom is 0.248 e. The van der Waals surface area contributed by atoms with Gasteiger partial charge in [0.2, 0.25) is 6.41 Å². The molecular formula is C6H14N2O2. The Hall–Kier alpha value is -0.610. The molecule has 1 amide bonds. The summed E-state index contributed by atoms with van der Waals surface area (Å²) in [5.41, 5.74) is 0. The van der Waals surface area contributed by atoms with Crippen molar-refractivity contribution in [2.75, 3.05) is 6.61 Å². The lowest BCUT2D eigenvalue weighted by atomic mass is 10.3. The number of carbonyl (C=O) groups excluding carboxylic acids is 1. The van der Waals surface area contributed by atoms with Gasteiger partial charge < -0.3 is 0 Å². The molecule has 2 N–H and O–H groups in total. The third kappa shape index (κ3) is 5.53. The molecule has 0 aromatic carbocycles. The van der Waals surface area contributed by atoms with Crippen molar-refractivity contribution in [2.24, 2.45) is 5.84 Å². The summed E-state index contributed by atoms with van der Waals surface area (Å²) in [5, 5.41) is 0.690. The standard InChI is InChI=1S/C6H14N2O2/c1-2-3-4-5-10-8(7)6-9/h6H,2-5,7H2,1H3. The van der Waals surface area contributed by atoms with Crippen LogP contribution in [0.4, 0.5) is 0 Å². The Kier molecular flexibility index (Phi) is 6.11. The number of rotatable bonds is 6. The van der Waals surface area contributed by atoms with Crippen molar-refractivity contribution in [1.82, 2.24) is 5.17 Å². The van der Waals surface area contributed by atoms with Crippen LogP contribution in [0.2, 0.25) is 0 Å². The van der Waals surface area contributed by atoms with E-state index in [9.17, 15) is 4.79 Å². The molecule has 4 heteroatoms. The van der Waals surface area contributed by atoms with E-state index in [2.05, 4.69) is 6.92 Å². The first-order valence-corrected chi connectivity index (χ1v) is 3.43. The van der Waals surface area contributed by atoms with Crippen LogP contribution in [0, 0.1) is 0 Å². The number of hydroxylamine groups is 1. The van der Waals surface area contributed by atoms with Gasteiger partial charge in [0.15, 0.2) is 0 Å². The lowest BCUT2D eigenvalue weighted by molar-refractivity contribution is -0.174. The number of hydrogen-bond donors (Lipinski definition) is 1. The number of nitrogens with two attached hydrogens (primary N) is 1. The van der Waals surface area contributed by atoms with Crippen LogP contribution in [-0.4, -0.2) is 18.2 Å². The molecule has 0 aromatic rings. The highest BCUT2D eigenvalue weighted by Crippen LogP contribution is 1.93.